The van der Waals surface area contributed by atoms with E-state index in [1.54, 1.807) is 0 Å². The van der Waals surface area contributed by atoms with Gasteiger partial charge in [-0.3, -0.25) is 4.79 Å². The Labute approximate surface area is 109 Å². The molecule has 1 aromatic carbocycles. The largest absolute Gasteiger partial charge is 0.381 e. The predicted octanol–water partition coefficient (Wildman–Crippen LogP) is 3.53. The van der Waals surface area contributed by atoms with E-state index in [1.165, 1.54) is 11.1 Å². The zero-order valence-electron chi connectivity index (χ0n) is 11.8. The third-order valence-electron chi connectivity index (χ3n) is 4.20. The molecule has 2 rings (SSSR count). The minimum absolute atomic E-state index is 0.150. The second kappa shape index (κ2) is 5.23. The van der Waals surface area contributed by atoms with Crippen LogP contribution in [0.3, 0.4) is 0 Å². The summed E-state index contributed by atoms with van der Waals surface area (Å²) in [5, 5.41) is 0. The van der Waals surface area contributed by atoms with Gasteiger partial charge < -0.3 is 4.74 Å². The highest BCUT2D eigenvalue weighted by Gasteiger charge is 2.26. The van der Waals surface area contributed by atoms with Crippen LogP contribution in [0, 0.1) is 33.6 Å². The first-order chi connectivity index (χ1) is 8.52. The second-order valence-corrected chi connectivity index (χ2v) is 5.39. The molecule has 1 heterocycles. The number of hydrogen-bond donors (Lipinski definition) is 0. The summed E-state index contributed by atoms with van der Waals surface area (Å²) in [6.07, 6.45) is 1.73. The molecule has 1 saturated heterocycles. The number of ether oxygens (including phenoxy) is 1. The molecule has 0 bridgehead atoms. The molecule has 1 aliphatic rings. The molecule has 2 heteroatoms. The molecule has 0 aromatic heterocycles. The van der Waals surface area contributed by atoms with Crippen LogP contribution in [0.1, 0.15) is 45.5 Å². The fourth-order valence-corrected chi connectivity index (χ4v) is 2.75. The maximum Gasteiger partial charge on any atom is 0.166 e. The van der Waals surface area contributed by atoms with E-state index in [9.17, 15) is 4.79 Å². The van der Waals surface area contributed by atoms with Crippen molar-refractivity contribution in [3.8, 4) is 0 Å². The molecule has 2 nitrogen and oxygen atoms in total. The molecule has 0 spiro atoms. The number of carbonyl (C=O) groups is 1. The van der Waals surface area contributed by atoms with Crippen molar-refractivity contribution in [3.63, 3.8) is 0 Å². The number of carbonyl (C=O) groups excluding carboxylic acids is 1. The highest BCUT2D eigenvalue weighted by molar-refractivity contribution is 6.01. The van der Waals surface area contributed by atoms with Gasteiger partial charge >= 0.3 is 0 Å². The summed E-state index contributed by atoms with van der Waals surface area (Å²) < 4.78 is 5.34. The SMILES string of the molecule is Cc1cc(C)c(C)c(C(=O)C2CCOCC2)c1C. The second-order valence-electron chi connectivity index (χ2n) is 5.39. The van der Waals surface area contributed by atoms with Crippen LogP contribution >= 0.6 is 0 Å². The van der Waals surface area contributed by atoms with E-state index in [4.69, 9.17) is 4.74 Å². The third kappa shape index (κ3) is 2.35. The van der Waals surface area contributed by atoms with Gasteiger partial charge in [0.1, 0.15) is 0 Å². The normalized spacial score (nSPS) is 16.9. The van der Waals surface area contributed by atoms with E-state index in [0.717, 1.165) is 42.7 Å². The lowest BCUT2D eigenvalue weighted by atomic mass is 9.84. The summed E-state index contributed by atoms with van der Waals surface area (Å²) in [4.78, 5) is 12.7. The highest BCUT2D eigenvalue weighted by atomic mass is 16.5. The number of benzene rings is 1. The van der Waals surface area contributed by atoms with Gasteiger partial charge in [0.15, 0.2) is 5.78 Å². The van der Waals surface area contributed by atoms with Crippen LogP contribution in [0.25, 0.3) is 0 Å². The average molecular weight is 246 g/mol. The predicted molar refractivity (Wildman–Crippen MR) is 73.3 cm³/mol. The van der Waals surface area contributed by atoms with Crippen LogP contribution in [0.15, 0.2) is 6.07 Å². The molecule has 0 atom stereocenters. The molecule has 0 amide bonds. The molecule has 1 aromatic rings. The van der Waals surface area contributed by atoms with E-state index < -0.39 is 0 Å². The lowest BCUT2D eigenvalue weighted by Crippen LogP contribution is -2.25. The summed E-state index contributed by atoms with van der Waals surface area (Å²) >= 11 is 0. The zero-order valence-corrected chi connectivity index (χ0v) is 11.8. The summed E-state index contributed by atoms with van der Waals surface area (Å²) in [6, 6.07) is 2.17. The molecule has 0 aliphatic carbocycles. The van der Waals surface area contributed by atoms with Crippen molar-refractivity contribution < 1.29 is 9.53 Å². The Morgan fingerprint density at radius 2 is 1.56 bits per heavy atom. The quantitative estimate of drug-likeness (QED) is 0.746. The smallest absolute Gasteiger partial charge is 0.166 e. The first kappa shape index (κ1) is 13.3. The molecule has 1 aliphatic heterocycles. The lowest BCUT2D eigenvalue weighted by molar-refractivity contribution is 0.0544. The van der Waals surface area contributed by atoms with Crippen molar-refractivity contribution in [2.45, 2.75) is 40.5 Å². The van der Waals surface area contributed by atoms with Gasteiger partial charge in [-0.25, -0.2) is 0 Å². The number of rotatable bonds is 2. The zero-order chi connectivity index (χ0) is 13.3. The monoisotopic (exact) mass is 246 g/mol. The molecule has 1 fully saturated rings. The Kier molecular flexibility index (Phi) is 3.86. The highest BCUT2D eigenvalue weighted by Crippen LogP contribution is 2.27. The van der Waals surface area contributed by atoms with E-state index >= 15 is 0 Å². The van der Waals surface area contributed by atoms with Crippen molar-refractivity contribution in [3.05, 3.63) is 33.9 Å². The topological polar surface area (TPSA) is 26.3 Å². The minimum atomic E-state index is 0.150. The van der Waals surface area contributed by atoms with Gasteiger partial charge in [0, 0.05) is 24.7 Å². The molecule has 98 valence electrons. The maximum atomic E-state index is 12.7. The molecule has 0 unspecified atom stereocenters. The van der Waals surface area contributed by atoms with Gasteiger partial charge in [0.2, 0.25) is 0 Å². The third-order valence-corrected chi connectivity index (χ3v) is 4.20. The van der Waals surface area contributed by atoms with Crippen LogP contribution in [0.4, 0.5) is 0 Å². The van der Waals surface area contributed by atoms with Gasteiger partial charge in [0.25, 0.3) is 0 Å². The number of Topliss-reactive ketones (excluding diaryl/α,β-unsaturated/α-hetero) is 1. The molecule has 18 heavy (non-hydrogen) atoms. The Balaban J connectivity index is 2.40. The Morgan fingerprint density at radius 3 is 2.06 bits per heavy atom. The minimum Gasteiger partial charge on any atom is -0.381 e. The van der Waals surface area contributed by atoms with Gasteiger partial charge in [0.05, 0.1) is 0 Å². The van der Waals surface area contributed by atoms with Gasteiger partial charge in [-0.05, 0) is 62.8 Å². The summed E-state index contributed by atoms with van der Waals surface area (Å²) in [6.45, 7) is 9.74. The van der Waals surface area contributed by atoms with Crippen molar-refractivity contribution >= 4 is 5.78 Å². The van der Waals surface area contributed by atoms with E-state index in [0.29, 0.717) is 5.78 Å². The standard InChI is InChI=1S/C16H22O2/c1-10-9-11(2)13(4)15(12(10)3)16(17)14-5-7-18-8-6-14/h9,14H,5-8H2,1-4H3. The van der Waals surface area contributed by atoms with Crippen LogP contribution in [-0.2, 0) is 4.74 Å². The first-order valence-corrected chi connectivity index (χ1v) is 6.71. The molecule has 0 radical (unpaired) electrons. The van der Waals surface area contributed by atoms with Crippen molar-refractivity contribution in [2.75, 3.05) is 13.2 Å². The Bertz CT molecular complexity index is 442. The number of aryl methyl sites for hydroxylation is 2. The molecule has 0 N–H and O–H groups in total. The fourth-order valence-electron chi connectivity index (χ4n) is 2.75. The van der Waals surface area contributed by atoms with E-state index in [1.807, 2.05) is 0 Å². The summed E-state index contributed by atoms with van der Waals surface area (Å²) in [7, 11) is 0. The maximum absolute atomic E-state index is 12.7. The Morgan fingerprint density at radius 1 is 1.06 bits per heavy atom. The average Bonchev–Trinajstić information content (AvgIpc) is 2.37. The van der Waals surface area contributed by atoms with Crippen LogP contribution in [0.2, 0.25) is 0 Å². The van der Waals surface area contributed by atoms with Crippen molar-refractivity contribution in [1.29, 1.82) is 0 Å². The van der Waals surface area contributed by atoms with Crippen LogP contribution in [0.5, 0.6) is 0 Å². The first-order valence-electron chi connectivity index (χ1n) is 6.71. The molecular formula is C16H22O2. The van der Waals surface area contributed by atoms with E-state index in [-0.39, 0.29) is 5.92 Å². The molecule has 0 saturated carbocycles. The fraction of sp³-hybridized carbons (Fsp3) is 0.562. The van der Waals surface area contributed by atoms with Crippen molar-refractivity contribution in [1.82, 2.24) is 0 Å². The van der Waals surface area contributed by atoms with Crippen LogP contribution < -0.4 is 0 Å². The van der Waals surface area contributed by atoms with Gasteiger partial charge in [-0.1, -0.05) is 6.07 Å². The summed E-state index contributed by atoms with van der Waals surface area (Å²) in [5.74, 6) is 0.470. The lowest BCUT2D eigenvalue weighted by Gasteiger charge is -2.23. The summed E-state index contributed by atoms with van der Waals surface area (Å²) in [5.41, 5.74) is 5.69. The van der Waals surface area contributed by atoms with Gasteiger partial charge in [-0.2, -0.15) is 0 Å². The van der Waals surface area contributed by atoms with Crippen molar-refractivity contribution in [2.24, 2.45) is 5.92 Å². The van der Waals surface area contributed by atoms with Gasteiger partial charge in [-0.15, -0.1) is 0 Å². The van der Waals surface area contributed by atoms with E-state index in [2.05, 4.69) is 33.8 Å². The Hall–Kier alpha value is -1.15. The van der Waals surface area contributed by atoms with Crippen LogP contribution in [-0.4, -0.2) is 19.0 Å². The number of ketones is 1. The molecular weight excluding hydrogens is 224 g/mol. The number of hydrogen-bond acceptors (Lipinski definition) is 2.